The highest BCUT2D eigenvalue weighted by Gasteiger charge is 2.23. The molecule has 0 aliphatic carbocycles. The van der Waals surface area contributed by atoms with Crippen LogP contribution in [0.2, 0.25) is 0 Å². The van der Waals surface area contributed by atoms with Gasteiger partial charge in [-0.25, -0.2) is 8.42 Å². The van der Waals surface area contributed by atoms with Crippen molar-refractivity contribution in [1.29, 1.82) is 0 Å². The number of benzene rings is 2. The molecule has 3 N–H and O–H groups in total. The van der Waals surface area contributed by atoms with E-state index in [1.807, 2.05) is 0 Å². The Morgan fingerprint density at radius 2 is 1.81 bits per heavy atom. The number of hydrogen-bond acceptors (Lipinski definition) is 6. The van der Waals surface area contributed by atoms with Gasteiger partial charge in [0.1, 0.15) is 0 Å². The number of piperazine rings is 1. The number of sulfonamides is 1. The molecule has 0 saturated carbocycles. The number of carbonyl (C=O) groups excluding carboxylic acids is 2. The van der Waals surface area contributed by atoms with Crippen molar-refractivity contribution < 1.29 is 18.0 Å². The van der Waals surface area contributed by atoms with Crippen LogP contribution in [-0.2, 0) is 14.8 Å². The first kappa shape index (κ1) is 23.6. The van der Waals surface area contributed by atoms with Gasteiger partial charge in [0.05, 0.1) is 22.8 Å². The molecule has 1 aliphatic heterocycles. The average molecular weight is 460 g/mol. The lowest BCUT2D eigenvalue weighted by molar-refractivity contribution is -0.121. The SMILES string of the molecule is CNC(=O)CN(C)C(=O)c1ccc(N2CCNCC2)c(NS(=O)(=O)c2ccccc2C)c1. The molecule has 2 aromatic carbocycles. The second-order valence-electron chi connectivity index (χ2n) is 7.67. The highest BCUT2D eigenvalue weighted by molar-refractivity contribution is 7.92. The summed E-state index contributed by atoms with van der Waals surface area (Å²) in [6, 6.07) is 11.7. The molecule has 1 aliphatic rings. The minimum atomic E-state index is -3.87. The summed E-state index contributed by atoms with van der Waals surface area (Å²) in [4.78, 5) is 28.1. The topological polar surface area (TPSA) is 111 Å². The van der Waals surface area contributed by atoms with Gasteiger partial charge in [-0.05, 0) is 36.8 Å². The second-order valence-corrected chi connectivity index (χ2v) is 9.33. The van der Waals surface area contributed by atoms with Crippen LogP contribution in [0, 0.1) is 6.92 Å². The fourth-order valence-corrected chi connectivity index (χ4v) is 4.89. The highest BCUT2D eigenvalue weighted by atomic mass is 32.2. The molecule has 0 bridgehead atoms. The first-order valence-corrected chi connectivity index (χ1v) is 11.9. The zero-order chi connectivity index (χ0) is 23.3. The van der Waals surface area contributed by atoms with Gasteiger partial charge in [0, 0.05) is 45.8 Å². The summed E-state index contributed by atoms with van der Waals surface area (Å²) in [5.74, 6) is -0.671. The monoisotopic (exact) mass is 459 g/mol. The van der Waals surface area contributed by atoms with E-state index >= 15 is 0 Å². The van der Waals surface area contributed by atoms with Gasteiger partial charge in [-0.1, -0.05) is 18.2 Å². The van der Waals surface area contributed by atoms with Gasteiger partial charge in [0.15, 0.2) is 0 Å². The third-order valence-electron chi connectivity index (χ3n) is 5.33. The Labute approximate surface area is 188 Å². The normalized spacial score (nSPS) is 14.0. The van der Waals surface area contributed by atoms with E-state index in [4.69, 9.17) is 0 Å². The van der Waals surface area contributed by atoms with E-state index in [1.54, 1.807) is 43.3 Å². The summed E-state index contributed by atoms with van der Waals surface area (Å²) < 4.78 is 29.0. The van der Waals surface area contributed by atoms with E-state index in [-0.39, 0.29) is 28.8 Å². The largest absolute Gasteiger partial charge is 0.367 e. The van der Waals surface area contributed by atoms with Crippen molar-refractivity contribution in [2.45, 2.75) is 11.8 Å². The van der Waals surface area contributed by atoms with E-state index < -0.39 is 10.0 Å². The summed E-state index contributed by atoms with van der Waals surface area (Å²) >= 11 is 0. The van der Waals surface area contributed by atoms with E-state index in [2.05, 4.69) is 20.3 Å². The van der Waals surface area contributed by atoms with Gasteiger partial charge in [-0.2, -0.15) is 0 Å². The number of anilines is 2. The van der Waals surface area contributed by atoms with E-state index in [0.29, 0.717) is 30.0 Å². The molecule has 0 spiro atoms. The van der Waals surface area contributed by atoms with Crippen molar-refractivity contribution in [3.63, 3.8) is 0 Å². The van der Waals surface area contributed by atoms with Gasteiger partial charge in [-0.15, -0.1) is 0 Å². The van der Waals surface area contributed by atoms with Gasteiger partial charge in [0.25, 0.3) is 15.9 Å². The van der Waals surface area contributed by atoms with Crippen LogP contribution in [0.15, 0.2) is 47.4 Å². The summed E-state index contributed by atoms with van der Waals surface area (Å²) in [7, 11) is -0.844. The van der Waals surface area contributed by atoms with Gasteiger partial charge in [-0.3, -0.25) is 14.3 Å². The van der Waals surface area contributed by atoms with Crippen LogP contribution in [0.3, 0.4) is 0 Å². The molecular weight excluding hydrogens is 430 g/mol. The molecule has 0 aromatic heterocycles. The molecular formula is C22H29N5O4S. The van der Waals surface area contributed by atoms with Crippen molar-refractivity contribution in [2.75, 3.05) is 56.4 Å². The lowest BCUT2D eigenvalue weighted by Crippen LogP contribution is -2.44. The number of amides is 2. The average Bonchev–Trinajstić information content (AvgIpc) is 2.78. The van der Waals surface area contributed by atoms with Crippen LogP contribution in [0.4, 0.5) is 11.4 Å². The molecule has 1 saturated heterocycles. The van der Waals surface area contributed by atoms with Crippen molar-refractivity contribution in [1.82, 2.24) is 15.5 Å². The molecule has 1 heterocycles. The fraction of sp³-hybridized carbons (Fsp3) is 0.364. The number of nitrogens with zero attached hydrogens (tertiary/aromatic N) is 2. The molecule has 32 heavy (non-hydrogen) atoms. The number of carbonyl (C=O) groups is 2. The summed E-state index contributed by atoms with van der Waals surface area (Å²) in [5.41, 5.74) is 1.95. The predicted octanol–water partition coefficient (Wildman–Crippen LogP) is 1.02. The first-order chi connectivity index (χ1) is 15.2. The standard InChI is InChI=1S/C22H29N5O4S/c1-16-6-4-5-7-20(16)32(30,31)25-18-14-17(22(29)26(3)15-21(28)23-2)8-9-19(18)27-12-10-24-11-13-27/h4-9,14,24-25H,10-13,15H2,1-3H3,(H,23,28). The molecule has 2 aromatic rings. The number of rotatable bonds is 7. The minimum absolute atomic E-state index is 0.0981. The number of aryl methyl sites for hydroxylation is 1. The minimum Gasteiger partial charge on any atom is -0.367 e. The molecule has 9 nitrogen and oxygen atoms in total. The Morgan fingerprint density at radius 3 is 2.47 bits per heavy atom. The van der Waals surface area contributed by atoms with E-state index in [0.717, 1.165) is 13.1 Å². The number of likely N-dealkylation sites (N-methyl/N-ethyl adjacent to an activating group) is 2. The van der Waals surface area contributed by atoms with Crippen LogP contribution in [0.1, 0.15) is 15.9 Å². The molecule has 10 heteroatoms. The Morgan fingerprint density at radius 1 is 1.12 bits per heavy atom. The Kier molecular flexibility index (Phi) is 7.37. The molecule has 2 amide bonds. The van der Waals surface area contributed by atoms with Crippen LogP contribution in [-0.4, -0.2) is 72.0 Å². The van der Waals surface area contributed by atoms with E-state index in [1.165, 1.54) is 25.1 Å². The maximum Gasteiger partial charge on any atom is 0.262 e. The van der Waals surface area contributed by atoms with Crippen LogP contribution in [0.25, 0.3) is 0 Å². The summed E-state index contributed by atoms with van der Waals surface area (Å²) in [5, 5.41) is 5.76. The third kappa shape index (κ3) is 5.38. The number of nitrogens with one attached hydrogen (secondary N) is 3. The molecule has 0 radical (unpaired) electrons. The second kappa shape index (κ2) is 10.0. The number of hydrogen-bond donors (Lipinski definition) is 3. The quantitative estimate of drug-likeness (QED) is 0.570. The van der Waals surface area contributed by atoms with Crippen molar-refractivity contribution in [3.8, 4) is 0 Å². The maximum absolute atomic E-state index is 13.2. The van der Waals surface area contributed by atoms with Crippen molar-refractivity contribution in [2.24, 2.45) is 0 Å². The van der Waals surface area contributed by atoms with Gasteiger partial charge >= 0.3 is 0 Å². The molecule has 0 unspecified atom stereocenters. The van der Waals surface area contributed by atoms with Crippen molar-refractivity contribution in [3.05, 3.63) is 53.6 Å². The van der Waals surface area contributed by atoms with Gasteiger partial charge in [0.2, 0.25) is 5.91 Å². The lowest BCUT2D eigenvalue weighted by Gasteiger charge is -2.31. The fourth-order valence-electron chi connectivity index (χ4n) is 3.58. The van der Waals surface area contributed by atoms with Crippen LogP contribution in [0.5, 0.6) is 0 Å². The van der Waals surface area contributed by atoms with Gasteiger partial charge < -0.3 is 20.4 Å². The highest BCUT2D eigenvalue weighted by Crippen LogP contribution is 2.31. The zero-order valence-corrected chi connectivity index (χ0v) is 19.3. The zero-order valence-electron chi connectivity index (χ0n) is 18.5. The maximum atomic E-state index is 13.2. The van der Waals surface area contributed by atoms with Crippen LogP contribution < -0.4 is 20.3 Å². The smallest absolute Gasteiger partial charge is 0.262 e. The molecule has 172 valence electrons. The van der Waals surface area contributed by atoms with Crippen molar-refractivity contribution >= 4 is 33.2 Å². The third-order valence-corrected chi connectivity index (χ3v) is 6.86. The van der Waals surface area contributed by atoms with Crippen LogP contribution >= 0.6 is 0 Å². The summed E-state index contributed by atoms with van der Waals surface area (Å²) in [6.45, 7) is 4.61. The predicted molar refractivity (Wildman–Crippen MR) is 125 cm³/mol. The first-order valence-electron chi connectivity index (χ1n) is 10.4. The molecule has 3 rings (SSSR count). The summed E-state index contributed by atoms with van der Waals surface area (Å²) in [6.07, 6.45) is 0. The molecule has 0 atom stereocenters. The molecule has 1 fully saturated rings. The Hall–Kier alpha value is -3.11. The Bertz CT molecular complexity index is 1100. The van der Waals surface area contributed by atoms with E-state index in [9.17, 15) is 18.0 Å². The lowest BCUT2D eigenvalue weighted by atomic mass is 10.1. The Balaban J connectivity index is 1.98.